The lowest BCUT2D eigenvalue weighted by molar-refractivity contribution is 0.207. The molecule has 7 nitrogen and oxygen atoms in total. The van der Waals surface area contributed by atoms with Gasteiger partial charge in [0.25, 0.3) is 10.0 Å². The lowest BCUT2D eigenvalue weighted by Gasteiger charge is -2.08. The Morgan fingerprint density at radius 3 is 2.52 bits per heavy atom. The van der Waals surface area contributed by atoms with Gasteiger partial charge in [0.15, 0.2) is 0 Å². The van der Waals surface area contributed by atoms with Crippen LogP contribution in [0, 0.1) is 6.92 Å². The van der Waals surface area contributed by atoms with E-state index in [9.17, 15) is 18.0 Å². The molecule has 8 heteroatoms. The number of nitrogens with one attached hydrogen (secondary N) is 1. The molecule has 128 valence electrons. The topological polar surface area (TPSA) is 103 Å². The summed E-state index contributed by atoms with van der Waals surface area (Å²) in [6.45, 7) is 1.75. The van der Waals surface area contributed by atoms with Crippen LogP contribution in [-0.4, -0.2) is 14.5 Å². The summed E-state index contributed by atoms with van der Waals surface area (Å²) < 4.78 is 36.0. The van der Waals surface area contributed by atoms with E-state index >= 15 is 0 Å². The number of hydrogen-bond acceptors (Lipinski definition) is 6. The number of fused-ring (bicyclic) bond motifs is 1. The summed E-state index contributed by atoms with van der Waals surface area (Å²) in [5.41, 5.74) is 0.424. The molecule has 1 N–H and O–H groups in total. The van der Waals surface area contributed by atoms with E-state index in [2.05, 4.69) is 0 Å². The molecule has 0 atom stereocenters. The molecule has 0 fully saturated rings. The fourth-order valence-electron chi connectivity index (χ4n) is 2.26. The third-order valence-corrected chi connectivity index (χ3v) is 4.73. The number of carbonyl (C=O) groups excluding carboxylic acids is 1. The highest BCUT2D eigenvalue weighted by molar-refractivity contribution is 7.90. The molecule has 0 unspecified atom stereocenters. The fourth-order valence-corrected chi connectivity index (χ4v) is 3.16. The van der Waals surface area contributed by atoms with Crippen molar-refractivity contribution < 1.29 is 22.4 Å². The van der Waals surface area contributed by atoms with Gasteiger partial charge >= 0.3 is 11.7 Å². The van der Waals surface area contributed by atoms with Gasteiger partial charge in [0.1, 0.15) is 11.3 Å². The number of ether oxygens (including phenoxy) is 1. The van der Waals surface area contributed by atoms with E-state index in [1.165, 1.54) is 42.5 Å². The van der Waals surface area contributed by atoms with Crippen LogP contribution in [0.3, 0.4) is 0 Å². The number of sulfonamides is 1. The Labute approximate surface area is 142 Å². The number of rotatable bonds is 3. The molecule has 3 rings (SSSR count). The quantitative estimate of drug-likeness (QED) is 0.721. The molecule has 0 spiro atoms. The SMILES string of the molecule is Cc1cc(=O)oc2cc(OC(=O)NS(=O)(=O)c3ccccc3)ccc12. The molecular weight excluding hydrogens is 346 g/mol. The summed E-state index contributed by atoms with van der Waals surface area (Å²) in [4.78, 5) is 23.2. The van der Waals surface area contributed by atoms with Gasteiger partial charge in [-0.3, -0.25) is 0 Å². The molecule has 3 aromatic rings. The Morgan fingerprint density at radius 1 is 1.08 bits per heavy atom. The Kier molecular flexibility index (Phi) is 4.28. The first-order valence-electron chi connectivity index (χ1n) is 7.19. The van der Waals surface area contributed by atoms with Crippen LogP contribution in [-0.2, 0) is 10.0 Å². The molecule has 25 heavy (non-hydrogen) atoms. The maximum Gasteiger partial charge on any atom is 0.426 e. The van der Waals surface area contributed by atoms with Crippen molar-refractivity contribution >= 4 is 27.1 Å². The molecule has 0 radical (unpaired) electrons. The maximum atomic E-state index is 12.1. The van der Waals surface area contributed by atoms with Gasteiger partial charge in [-0.25, -0.2) is 22.7 Å². The lowest BCUT2D eigenvalue weighted by atomic mass is 10.1. The van der Waals surface area contributed by atoms with E-state index in [0.717, 1.165) is 0 Å². The van der Waals surface area contributed by atoms with Crippen LogP contribution in [0.25, 0.3) is 11.0 Å². The molecule has 0 saturated carbocycles. The first-order chi connectivity index (χ1) is 11.8. The van der Waals surface area contributed by atoms with E-state index in [1.807, 2.05) is 4.72 Å². The van der Waals surface area contributed by atoms with Gasteiger partial charge in [0.05, 0.1) is 4.90 Å². The van der Waals surface area contributed by atoms with Crippen molar-refractivity contribution in [3.8, 4) is 5.75 Å². The zero-order valence-electron chi connectivity index (χ0n) is 13.1. The largest absolute Gasteiger partial charge is 0.426 e. The van der Waals surface area contributed by atoms with E-state index in [1.54, 1.807) is 19.1 Å². The van der Waals surface area contributed by atoms with Crippen LogP contribution in [0.15, 0.2) is 68.7 Å². The average Bonchev–Trinajstić information content (AvgIpc) is 2.54. The van der Waals surface area contributed by atoms with Crippen LogP contribution < -0.4 is 15.1 Å². The first-order valence-corrected chi connectivity index (χ1v) is 8.68. The van der Waals surface area contributed by atoms with Crippen molar-refractivity contribution in [3.05, 3.63) is 70.6 Å². The summed E-state index contributed by atoms with van der Waals surface area (Å²) in [5, 5.41) is 0.685. The van der Waals surface area contributed by atoms with Crippen LogP contribution >= 0.6 is 0 Å². The number of hydrogen-bond donors (Lipinski definition) is 1. The van der Waals surface area contributed by atoms with Crippen molar-refractivity contribution in [2.24, 2.45) is 0 Å². The van der Waals surface area contributed by atoms with E-state index in [-0.39, 0.29) is 16.2 Å². The molecule has 0 aliphatic heterocycles. The Bertz CT molecular complexity index is 1100. The van der Waals surface area contributed by atoms with Gasteiger partial charge < -0.3 is 9.15 Å². The predicted molar refractivity (Wildman–Crippen MR) is 90.0 cm³/mol. The Hall–Kier alpha value is -3.13. The van der Waals surface area contributed by atoms with E-state index in [0.29, 0.717) is 10.9 Å². The van der Waals surface area contributed by atoms with Gasteiger partial charge in [-0.1, -0.05) is 18.2 Å². The normalized spacial score (nSPS) is 11.2. The Morgan fingerprint density at radius 2 is 1.80 bits per heavy atom. The van der Waals surface area contributed by atoms with Crippen molar-refractivity contribution in [2.75, 3.05) is 0 Å². The highest BCUT2D eigenvalue weighted by atomic mass is 32.2. The zero-order chi connectivity index (χ0) is 18.0. The second-order valence-corrected chi connectivity index (χ2v) is 6.90. The van der Waals surface area contributed by atoms with Crippen LogP contribution in [0.4, 0.5) is 4.79 Å². The number of carbonyl (C=O) groups is 1. The zero-order valence-corrected chi connectivity index (χ0v) is 13.9. The second kappa shape index (κ2) is 6.40. The molecule has 0 aliphatic carbocycles. The first kappa shape index (κ1) is 16.7. The highest BCUT2D eigenvalue weighted by Crippen LogP contribution is 2.22. The second-order valence-electron chi connectivity index (χ2n) is 5.21. The van der Waals surface area contributed by atoms with E-state index < -0.39 is 21.7 Å². The van der Waals surface area contributed by atoms with Crippen molar-refractivity contribution in [1.29, 1.82) is 0 Å². The van der Waals surface area contributed by atoms with Gasteiger partial charge in [0, 0.05) is 17.5 Å². The van der Waals surface area contributed by atoms with Crippen molar-refractivity contribution in [2.45, 2.75) is 11.8 Å². The molecule has 0 aliphatic rings. The minimum Gasteiger partial charge on any atom is -0.423 e. The monoisotopic (exact) mass is 359 g/mol. The van der Waals surface area contributed by atoms with Crippen LogP contribution in [0.1, 0.15) is 5.56 Å². The van der Waals surface area contributed by atoms with Gasteiger partial charge in [-0.2, -0.15) is 0 Å². The molecule has 1 aromatic heterocycles. The summed E-state index contributed by atoms with van der Waals surface area (Å²) >= 11 is 0. The van der Waals surface area contributed by atoms with Gasteiger partial charge in [-0.15, -0.1) is 0 Å². The fraction of sp³-hybridized carbons (Fsp3) is 0.0588. The third-order valence-electron chi connectivity index (χ3n) is 3.40. The van der Waals surface area contributed by atoms with Gasteiger partial charge in [0.2, 0.25) is 0 Å². The Balaban J connectivity index is 1.81. The van der Waals surface area contributed by atoms with Crippen molar-refractivity contribution in [1.82, 2.24) is 4.72 Å². The number of aryl methyl sites for hydroxylation is 1. The highest BCUT2D eigenvalue weighted by Gasteiger charge is 2.18. The number of benzene rings is 2. The van der Waals surface area contributed by atoms with E-state index in [4.69, 9.17) is 9.15 Å². The molecule has 0 saturated heterocycles. The lowest BCUT2D eigenvalue weighted by Crippen LogP contribution is -2.33. The molecule has 2 aromatic carbocycles. The average molecular weight is 359 g/mol. The number of amides is 1. The standard InChI is InChI=1S/C17H13NO6S/c1-11-9-16(19)24-15-10-12(7-8-14(11)15)23-17(20)18-25(21,22)13-5-3-2-4-6-13/h2-10H,1H3,(H,18,20). The summed E-state index contributed by atoms with van der Waals surface area (Å²) in [6.07, 6.45) is -1.17. The van der Waals surface area contributed by atoms with Crippen LogP contribution in [0.2, 0.25) is 0 Å². The predicted octanol–water partition coefficient (Wildman–Crippen LogP) is 2.58. The van der Waals surface area contributed by atoms with Gasteiger partial charge in [-0.05, 0) is 36.8 Å². The smallest absolute Gasteiger partial charge is 0.423 e. The molecule has 1 amide bonds. The molecule has 1 heterocycles. The summed E-state index contributed by atoms with van der Waals surface area (Å²) in [6, 6.07) is 13.2. The third kappa shape index (κ3) is 3.69. The minimum absolute atomic E-state index is 0.0435. The molecular formula is C17H13NO6S. The van der Waals surface area contributed by atoms with Crippen LogP contribution in [0.5, 0.6) is 5.75 Å². The minimum atomic E-state index is -4.03. The van der Waals surface area contributed by atoms with Crippen molar-refractivity contribution in [3.63, 3.8) is 0 Å². The molecule has 0 bridgehead atoms. The summed E-state index contributed by atoms with van der Waals surface area (Å²) in [5.74, 6) is 0.0435. The summed E-state index contributed by atoms with van der Waals surface area (Å²) in [7, 11) is -4.03. The maximum absolute atomic E-state index is 12.1.